The largest absolute Gasteiger partial charge is 0.489 e. The molecule has 0 aliphatic carbocycles. The van der Waals surface area contributed by atoms with Crippen molar-refractivity contribution in [2.24, 2.45) is 0 Å². The number of carbonyl (C=O) groups is 2. The van der Waals surface area contributed by atoms with Crippen molar-refractivity contribution in [1.29, 1.82) is 0 Å². The number of nitrogens with one attached hydrogen (secondary N) is 1. The fraction of sp³-hybridized carbons (Fsp3) is 0.429. The zero-order chi connectivity index (χ0) is 14.8. The number of urea groups is 1. The summed E-state index contributed by atoms with van der Waals surface area (Å²) in [6.07, 6.45) is 0.790. The van der Waals surface area contributed by atoms with Crippen molar-refractivity contribution >= 4 is 17.7 Å². The highest BCUT2D eigenvalue weighted by molar-refractivity contribution is 5.99. The first-order chi connectivity index (χ1) is 10.2. The minimum atomic E-state index is -1.07. The average Bonchev–Trinajstić information content (AvgIpc) is 2.98. The molecule has 0 radical (unpaired) electrons. The number of nitrogens with zero attached hydrogens (tertiary/aromatic N) is 1. The number of carboxylic acid groups (broad SMARTS) is 1. The highest BCUT2D eigenvalue weighted by Gasteiger charge is 2.29. The standard InChI is InChI=1S/C14H16N2O5/c17-13(18)10-2-1-3-11-12(10)21-7-5-16(11)14(19)15-9-4-6-20-8-9/h1-3,9H,4-8H2,(H,15,19)(H,17,18). The molecular formula is C14H16N2O5. The lowest BCUT2D eigenvalue weighted by molar-refractivity contribution is 0.0692. The SMILES string of the molecule is O=C(O)c1cccc2c1OCCN2C(=O)NC1CCOC1. The maximum absolute atomic E-state index is 12.4. The van der Waals surface area contributed by atoms with E-state index in [0.29, 0.717) is 25.4 Å². The topological polar surface area (TPSA) is 88.1 Å². The van der Waals surface area contributed by atoms with Crippen LogP contribution in [0.3, 0.4) is 0 Å². The van der Waals surface area contributed by atoms with Gasteiger partial charge >= 0.3 is 12.0 Å². The Labute approximate surface area is 121 Å². The third-order valence-corrected chi connectivity index (χ3v) is 3.58. The molecule has 3 rings (SSSR count). The molecule has 2 amide bonds. The molecule has 2 N–H and O–H groups in total. The summed E-state index contributed by atoms with van der Waals surface area (Å²) >= 11 is 0. The van der Waals surface area contributed by atoms with Crippen molar-refractivity contribution < 1.29 is 24.2 Å². The molecule has 0 spiro atoms. The molecule has 2 aliphatic rings. The van der Waals surface area contributed by atoms with Gasteiger partial charge in [-0.15, -0.1) is 0 Å². The maximum Gasteiger partial charge on any atom is 0.339 e. The molecule has 7 nitrogen and oxygen atoms in total. The van der Waals surface area contributed by atoms with Crippen LogP contribution < -0.4 is 15.0 Å². The number of carboxylic acids is 1. The summed E-state index contributed by atoms with van der Waals surface area (Å²) in [7, 11) is 0. The number of rotatable bonds is 2. The van der Waals surface area contributed by atoms with Crippen LogP contribution in [-0.4, -0.2) is 49.5 Å². The molecule has 1 saturated heterocycles. The van der Waals surface area contributed by atoms with E-state index in [2.05, 4.69) is 5.32 Å². The van der Waals surface area contributed by atoms with Gasteiger partial charge in [0.15, 0.2) is 5.75 Å². The second kappa shape index (κ2) is 5.61. The summed E-state index contributed by atoms with van der Waals surface area (Å²) in [5.74, 6) is -0.827. The van der Waals surface area contributed by atoms with E-state index in [4.69, 9.17) is 9.47 Å². The van der Waals surface area contributed by atoms with Crippen LogP contribution in [0.5, 0.6) is 5.75 Å². The van der Waals surface area contributed by atoms with Crippen LogP contribution in [0.4, 0.5) is 10.5 Å². The van der Waals surface area contributed by atoms with Crippen LogP contribution in [0.2, 0.25) is 0 Å². The first-order valence-corrected chi connectivity index (χ1v) is 6.81. The minimum absolute atomic E-state index is 0.00597. The number of anilines is 1. The van der Waals surface area contributed by atoms with Gasteiger partial charge in [-0.1, -0.05) is 6.07 Å². The molecule has 1 aromatic rings. The first kappa shape index (κ1) is 13.7. The number of hydrogen-bond acceptors (Lipinski definition) is 4. The monoisotopic (exact) mass is 292 g/mol. The third kappa shape index (κ3) is 2.64. The van der Waals surface area contributed by atoms with Gasteiger partial charge < -0.3 is 19.9 Å². The van der Waals surface area contributed by atoms with Crippen molar-refractivity contribution in [3.05, 3.63) is 23.8 Å². The van der Waals surface area contributed by atoms with Gasteiger partial charge in [-0.2, -0.15) is 0 Å². The molecular weight excluding hydrogens is 276 g/mol. The Hall–Kier alpha value is -2.28. The molecule has 1 atom stereocenters. The Balaban J connectivity index is 1.84. The summed E-state index contributed by atoms with van der Waals surface area (Å²) in [6, 6.07) is 4.51. The molecule has 112 valence electrons. The number of ether oxygens (including phenoxy) is 2. The van der Waals surface area contributed by atoms with Crippen LogP contribution in [0.15, 0.2) is 18.2 Å². The lowest BCUT2D eigenvalue weighted by Crippen LogP contribution is -2.48. The smallest absolute Gasteiger partial charge is 0.339 e. The van der Waals surface area contributed by atoms with Crippen LogP contribution in [-0.2, 0) is 4.74 Å². The Bertz CT molecular complexity index is 568. The Morgan fingerprint density at radius 2 is 2.19 bits per heavy atom. The van der Waals surface area contributed by atoms with E-state index in [0.717, 1.165) is 6.42 Å². The van der Waals surface area contributed by atoms with Crippen molar-refractivity contribution in [1.82, 2.24) is 5.32 Å². The number of fused-ring (bicyclic) bond motifs is 1. The summed E-state index contributed by atoms with van der Waals surface area (Å²) in [6.45, 7) is 1.81. The normalized spacial score (nSPS) is 20.6. The van der Waals surface area contributed by atoms with Crippen LogP contribution >= 0.6 is 0 Å². The summed E-state index contributed by atoms with van der Waals surface area (Å²) in [4.78, 5) is 25.1. The van der Waals surface area contributed by atoms with E-state index < -0.39 is 5.97 Å². The fourth-order valence-corrected chi connectivity index (χ4v) is 2.53. The summed E-state index contributed by atoms with van der Waals surface area (Å²) in [5, 5.41) is 12.1. The molecule has 1 aromatic carbocycles. The second-order valence-corrected chi connectivity index (χ2v) is 4.97. The minimum Gasteiger partial charge on any atom is -0.489 e. The molecule has 0 saturated carbocycles. The predicted octanol–water partition coefficient (Wildman–Crippen LogP) is 1.08. The number of carbonyl (C=O) groups excluding carboxylic acids is 1. The van der Waals surface area contributed by atoms with E-state index in [1.165, 1.54) is 11.0 Å². The number of benzene rings is 1. The molecule has 0 bridgehead atoms. The number of aromatic carboxylic acids is 1. The predicted molar refractivity (Wildman–Crippen MR) is 74.0 cm³/mol. The van der Waals surface area contributed by atoms with Crippen LogP contribution in [0.25, 0.3) is 0 Å². The number of hydrogen-bond donors (Lipinski definition) is 2. The Morgan fingerprint density at radius 1 is 1.33 bits per heavy atom. The van der Waals surface area contributed by atoms with E-state index in [1.807, 2.05) is 0 Å². The number of amides is 2. The second-order valence-electron chi connectivity index (χ2n) is 4.97. The number of para-hydroxylation sites is 1. The highest BCUT2D eigenvalue weighted by Crippen LogP contribution is 2.35. The van der Waals surface area contributed by atoms with Crippen molar-refractivity contribution in [2.75, 3.05) is 31.3 Å². The fourth-order valence-electron chi connectivity index (χ4n) is 2.53. The highest BCUT2D eigenvalue weighted by atomic mass is 16.5. The van der Waals surface area contributed by atoms with Crippen LogP contribution in [0, 0.1) is 0 Å². The summed E-state index contributed by atoms with van der Waals surface area (Å²) in [5.41, 5.74) is 0.548. The molecule has 2 heterocycles. The van der Waals surface area contributed by atoms with Gasteiger partial charge in [-0.25, -0.2) is 9.59 Å². The van der Waals surface area contributed by atoms with Gasteiger partial charge in [0.05, 0.1) is 24.9 Å². The molecule has 0 aromatic heterocycles. The van der Waals surface area contributed by atoms with Gasteiger partial charge in [0, 0.05) is 6.61 Å². The molecule has 1 fully saturated rings. The Kier molecular flexibility index (Phi) is 3.66. The van der Waals surface area contributed by atoms with E-state index in [1.54, 1.807) is 12.1 Å². The van der Waals surface area contributed by atoms with E-state index >= 15 is 0 Å². The maximum atomic E-state index is 12.4. The van der Waals surface area contributed by atoms with Gasteiger partial charge in [0.1, 0.15) is 12.2 Å². The summed E-state index contributed by atoms with van der Waals surface area (Å²) < 4.78 is 10.7. The van der Waals surface area contributed by atoms with Crippen LogP contribution in [0.1, 0.15) is 16.8 Å². The van der Waals surface area contributed by atoms with Gasteiger partial charge in [-0.3, -0.25) is 4.90 Å². The Morgan fingerprint density at radius 3 is 2.90 bits per heavy atom. The van der Waals surface area contributed by atoms with Gasteiger partial charge in [0.2, 0.25) is 0 Å². The lowest BCUT2D eigenvalue weighted by atomic mass is 10.1. The molecule has 2 aliphatic heterocycles. The lowest BCUT2D eigenvalue weighted by Gasteiger charge is -2.31. The first-order valence-electron chi connectivity index (χ1n) is 6.81. The molecule has 21 heavy (non-hydrogen) atoms. The third-order valence-electron chi connectivity index (χ3n) is 3.58. The van der Waals surface area contributed by atoms with E-state index in [-0.39, 0.29) is 30.0 Å². The molecule has 1 unspecified atom stereocenters. The quantitative estimate of drug-likeness (QED) is 0.851. The van der Waals surface area contributed by atoms with E-state index in [9.17, 15) is 14.7 Å². The zero-order valence-corrected chi connectivity index (χ0v) is 11.4. The van der Waals surface area contributed by atoms with Gasteiger partial charge in [-0.05, 0) is 18.6 Å². The van der Waals surface area contributed by atoms with Crippen molar-refractivity contribution in [3.63, 3.8) is 0 Å². The van der Waals surface area contributed by atoms with Crippen molar-refractivity contribution in [3.8, 4) is 5.75 Å². The van der Waals surface area contributed by atoms with Crippen molar-refractivity contribution in [2.45, 2.75) is 12.5 Å². The van der Waals surface area contributed by atoms with Gasteiger partial charge in [0.25, 0.3) is 0 Å². The molecule has 7 heteroatoms. The zero-order valence-electron chi connectivity index (χ0n) is 11.4. The average molecular weight is 292 g/mol.